The Labute approximate surface area is 118 Å². The van der Waals surface area contributed by atoms with Gasteiger partial charge in [0.2, 0.25) is 0 Å². The molecule has 100 valence electrons. The van der Waals surface area contributed by atoms with E-state index in [0.29, 0.717) is 31.7 Å². The first kappa shape index (κ1) is 12.4. The first-order valence-electron chi connectivity index (χ1n) is 6.09. The molecule has 1 aromatic heterocycles. The van der Waals surface area contributed by atoms with E-state index in [-0.39, 0.29) is 18.0 Å². The van der Waals surface area contributed by atoms with Crippen LogP contribution in [0.4, 0.5) is 4.79 Å². The predicted molar refractivity (Wildman–Crippen MR) is 71.7 cm³/mol. The molecule has 3 rings (SSSR count). The van der Waals surface area contributed by atoms with E-state index in [2.05, 4.69) is 26.2 Å². The molecule has 2 saturated heterocycles. The summed E-state index contributed by atoms with van der Waals surface area (Å²) < 4.78 is 0.787. The van der Waals surface area contributed by atoms with Gasteiger partial charge in [-0.1, -0.05) is 0 Å². The lowest BCUT2D eigenvalue weighted by atomic mass is 10.1. The van der Waals surface area contributed by atoms with Crippen LogP contribution in [0.2, 0.25) is 0 Å². The van der Waals surface area contributed by atoms with Gasteiger partial charge in [0.25, 0.3) is 5.91 Å². The highest BCUT2D eigenvalue weighted by molar-refractivity contribution is 9.10. The van der Waals surface area contributed by atoms with Crippen LogP contribution in [0.1, 0.15) is 10.4 Å². The number of fused-ring (bicyclic) bond motifs is 1. The van der Waals surface area contributed by atoms with Crippen molar-refractivity contribution >= 4 is 27.9 Å². The molecular formula is C12H13BrN4O2. The number of hydrogen-bond donors (Lipinski definition) is 1. The van der Waals surface area contributed by atoms with Gasteiger partial charge in [-0.2, -0.15) is 0 Å². The lowest BCUT2D eigenvalue weighted by Crippen LogP contribution is -2.53. The molecule has 0 saturated carbocycles. The highest BCUT2D eigenvalue weighted by atomic mass is 79.9. The highest BCUT2D eigenvalue weighted by Crippen LogP contribution is 2.17. The fourth-order valence-corrected chi connectivity index (χ4v) is 2.86. The maximum Gasteiger partial charge on any atom is 0.317 e. The van der Waals surface area contributed by atoms with Crippen molar-refractivity contribution in [1.29, 1.82) is 0 Å². The van der Waals surface area contributed by atoms with Gasteiger partial charge in [-0.15, -0.1) is 0 Å². The van der Waals surface area contributed by atoms with Crippen LogP contribution < -0.4 is 5.32 Å². The number of pyridine rings is 1. The molecule has 6 nitrogen and oxygen atoms in total. The molecule has 2 fully saturated rings. The van der Waals surface area contributed by atoms with Crippen LogP contribution in [0.5, 0.6) is 0 Å². The largest absolute Gasteiger partial charge is 0.336 e. The molecular weight excluding hydrogens is 312 g/mol. The summed E-state index contributed by atoms with van der Waals surface area (Å²) >= 11 is 3.31. The van der Waals surface area contributed by atoms with Gasteiger partial charge in [0.1, 0.15) is 0 Å². The summed E-state index contributed by atoms with van der Waals surface area (Å²) in [5.74, 6) is -0.0344. The summed E-state index contributed by atoms with van der Waals surface area (Å²) in [4.78, 5) is 31.4. The fourth-order valence-electron chi connectivity index (χ4n) is 2.50. The Morgan fingerprint density at radius 2 is 2.26 bits per heavy atom. The third-order valence-electron chi connectivity index (χ3n) is 3.47. The maximum atomic E-state index is 12.4. The van der Waals surface area contributed by atoms with E-state index in [1.54, 1.807) is 28.3 Å². The maximum absolute atomic E-state index is 12.4. The first-order valence-corrected chi connectivity index (χ1v) is 6.89. The van der Waals surface area contributed by atoms with Crippen LogP contribution in [-0.2, 0) is 0 Å². The van der Waals surface area contributed by atoms with Crippen molar-refractivity contribution in [1.82, 2.24) is 20.1 Å². The van der Waals surface area contributed by atoms with Gasteiger partial charge in [0.05, 0.1) is 11.6 Å². The lowest BCUT2D eigenvalue weighted by molar-refractivity contribution is 0.0616. The van der Waals surface area contributed by atoms with Crippen LogP contribution in [-0.4, -0.2) is 58.9 Å². The number of rotatable bonds is 1. The number of carbonyl (C=O) groups excluding carboxylic acids is 2. The number of aromatic nitrogens is 1. The van der Waals surface area contributed by atoms with Gasteiger partial charge in [-0.25, -0.2) is 4.79 Å². The van der Waals surface area contributed by atoms with Crippen molar-refractivity contribution in [3.63, 3.8) is 0 Å². The Morgan fingerprint density at radius 3 is 3.05 bits per heavy atom. The molecule has 3 amide bonds. The summed E-state index contributed by atoms with van der Waals surface area (Å²) in [5, 5.41) is 2.80. The van der Waals surface area contributed by atoms with Crippen LogP contribution >= 0.6 is 15.9 Å². The summed E-state index contributed by atoms with van der Waals surface area (Å²) in [6.07, 6.45) is 3.21. The van der Waals surface area contributed by atoms with Crippen LogP contribution in [0.25, 0.3) is 0 Å². The molecule has 0 aromatic carbocycles. The minimum atomic E-state index is -0.0344. The van der Waals surface area contributed by atoms with Gasteiger partial charge in [0, 0.05) is 43.0 Å². The molecule has 1 unspecified atom stereocenters. The van der Waals surface area contributed by atoms with Crippen LogP contribution in [0.15, 0.2) is 22.9 Å². The van der Waals surface area contributed by atoms with E-state index in [4.69, 9.17) is 0 Å². The molecule has 0 spiro atoms. The first-order chi connectivity index (χ1) is 9.15. The van der Waals surface area contributed by atoms with E-state index in [1.807, 2.05) is 0 Å². The minimum absolute atomic E-state index is 0.0266. The molecule has 3 heterocycles. The van der Waals surface area contributed by atoms with Crippen molar-refractivity contribution < 1.29 is 9.59 Å². The van der Waals surface area contributed by atoms with Gasteiger partial charge < -0.3 is 15.1 Å². The predicted octanol–water partition coefficient (Wildman–Crippen LogP) is 0.694. The molecule has 0 bridgehead atoms. The average molecular weight is 325 g/mol. The van der Waals surface area contributed by atoms with Crippen molar-refractivity contribution in [2.24, 2.45) is 0 Å². The van der Waals surface area contributed by atoms with Gasteiger partial charge in [-0.3, -0.25) is 9.78 Å². The third kappa shape index (κ3) is 2.30. The van der Waals surface area contributed by atoms with E-state index in [9.17, 15) is 9.59 Å². The zero-order valence-electron chi connectivity index (χ0n) is 10.2. The van der Waals surface area contributed by atoms with Crippen LogP contribution in [0.3, 0.4) is 0 Å². The fraction of sp³-hybridized carbons (Fsp3) is 0.417. The number of halogens is 1. The standard InChI is InChI=1S/C12H13BrN4O2/c13-9-3-8(4-14-5-9)11(18)16-1-2-17-10(7-16)6-15-12(17)19/h3-5,10H,1-2,6-7H2,(H,15,19). The zero-order chi connectivity index (χ0) is 13.4. The second kappa shape index (κ2) is 4.80. The van der Waals surface area contributed by atoms with Crippen LogP contribution in [0, 0.1) is 0 Å². The van der Waals surface area contributed by atoms with Gasteiger partial charge in [-0.05, 0) is 22.0 Å². The Balaban J connectivity index is 1.74. The molecule has 0 radical (unpaired) electrons. The quantitative estimate of drug-likeness (QED) is 0.826. The third-order valence-corrected chi connectivity index (χ3v) is 3.91. The Kier molecular flexibility index (Phi) is 3.14. The van der Waals surface area contributed by atoms with Gasteiger partial charge in [0.15, 0.2) is 0 Å². The summed E-state index contributed by atoms with van der Waals surface area (Å²) in [5.41, 5.74) is 0.570. The number of amides is 3. The Morgan fingerprint density at radius 1 is 1.42 bits per heavy atom. The van der Waals surface area contributed by atoms with Gasteiger partial charge >= 0.3 is 6.03 Å². The molecule has 1 N–H and O–H groups in total. The number of urea groups is 1. The topological polar surface area (TPSA) is 65.5 Å². The normalized spacial score (nSPS) is 22.2. The monoisotopic (exact) mass is 324 g/mol. The summed E-state index contributed by atoms with van der Waals surface area (Å²) in [6.45, 7) is 2.34. The molecule has 2 aliphatic heterocycles. The molecule has 2 aliphatic rings. The van der Waals surface area contributed by atoms with Crippen molar-refractivity contribution in [3.8, 4) is 0 Å². The number of piperazine rings is 1. The zero-order valence-corrected chi connectivity index (χ0v) is 11.8. The Bertz CT molecular complexity index is 536. The molecule has 1 atom stereocenters. The summed E-state index contributed by atoms with van der Waals surface area (Å²) in [7, 11) is 0. The molecule has 1 aromatic rings. The van der Waals surface area contributed by atoms with Crippen molar-refractivity contribution in [2.75, 3.05) is 26.2 Å². The second-order valence-corrected chi connectivity index (χ2v) is 5.59. The summed E-state index contributed by atoms with van der Waals surface area (Å²) in [6, 6.07) is 1.83. The minimum Gasteiger partial charge on any atom is -0.336 e. The molecule has 0 aliphatic carbocycles. The van der Waals surface area contributed by atoms with Crippen molar-refractivity contribution in [3.05, 3.63) is 28.5 Å². The van der Waals surface area contributed by atoms with E-state index >= 15 is 0 Å². The van der Waals surface area contributed by atoms with E-state index < -0.39 is 0 Å². The smallest absolute Gasteiger partial charge is 0.317 e. The lowest BCUT2D eigenvalue weighted by Gasteiger charge is -2.36. The second-order valence-electron chi connectivity index (χ2n) is 4.68. The molecule has 19 heavy (non-hydrogen) atoms. The number of hydrogen-bond acceptors (Lipinski definition) is 3. The van der Waals surface area contributed by atoms with E-state index in [0.717, 1.165) is 4.47 Å². The van der Waals surface area contributed by atoms with E-state index in [1.165, 1.54) is 0 Å². The average Bonchev–Trinajstić information content (AvgIpc) is 2.79. The van der Waals surface area contributed by atoms with Crippen molar-refractivity contribution in [2.45, 2.75) is 6.04 Å². The number of carbonyl (C=O) groups is 2. The SMILES string of the molecule is O=C(c1cncc(Br)c1)N1CCN2C(=O)NCC2C1. The molecule has 7 heteroatoms. The Hall–Kier alpha value is -1.63. The number of nitrogens with zero attached hydrogens (tertiary/aromatic N) is 3. The number of nitrogens with one attached hydrogen (secondary N) is 1. The highest BCUT2D eigenvalue weighted by Gasteiger charge is 2.37.